The molecule has 21 heavy (non-hydrogen) atoms. The van der Waals surface area contributed by atoms with Crippen LogP contribution in [0.25, 0.3) is 0 Å². The zero-order valence-corrected chi connectivity index (χ0v) is 11.8. The summed E-state index contributed by atoms with van der Waals surface area (Å²) < 4.78 is 0. The zero-order valence-electron chi connectivity index (χ0n) is 11.8. The number of benzene rings is 2. The van der Waals surface area contributed by atoms with Crippen molar-refractivity contribution < 1.29 is 9.90 Å². The lowest BCUT2D eigenvalue weighted by Gasteiger charge is -2.15. The minimum absolute atomic E-state index is 0.0105. The minimum atomic E-state index is -0.922. The van der Waals surface area contributed by atoms with Gasteiger partial charge in [0.25, 0.3) is 0 Å². The zero-order chi connectivity index (χ0) is 14.9. The third-order valence-electron chi connectivity index (χ3n) is 3.18. The van der Waals surface area contributed by atoms with E-state index in [1.807, 2.05) is 60.7 Å². The fourth-order valence-electron chi connectivity index (χ4n) is 2.12. The second-order valence-electron chi connectivity index (χ2n) is 4.86. The molecule has 3 nitrogen and oxygen atoms in total. The number of hydrogen-bond donors (Lipinski definition) is 2. The molecule has 0 spiro atoms. The Morgan fingerprint density at radius 2 is 1.57 bits per heavy atom. The summed E-state index contributed by atoms with van der Waals surface area (Å²) >= 11 is 0. The lowest BCUT2D eigenvalue weighted by molar-refractivity contribution is -0.131. The van der Waals surface area contributed by atoms with Gasteiger partial charge >= 0.3 is 5.97 Å². The molecule has 2 aromatic carbocycles. The monoisotopic (exact) mass is 281 g/mol. The van der Waals surface area contributed by atoms with Gasteiger partial charge in [0.2, 0.25) is 0 Å². The lowest BCUT2D eigenvalue weighted by atomic mass is 10.0. The van der Waals surface area contributed by atoms with Gasteiger partial charge in [0.1, 0.15) is 0 Å². The molecule has 0 aliphatic carbocycles. The summed E-state index contributed by atoms with van der Waals surface area (Å²) in [4.78, 5) is 10.7. The summed E-state index contributed by atoms with van der Waals surface area (Å²) in [5.41, 5.74) is 2.36. The highest BCUT2D eigenvalue weighted by Crippen LogP contribution is 2.06. The van der Waals surface area contributed by atoms with Crippen molar-refractivity contribution in [3.63, 3.8) is 0 Å². The van der Waals surface area contributed by atoms with E-state index >= 15 is 0 Å². The maximum absolute atomic E-state index is 10.7. The van der Waals surface area contributed by atoms with Crippen LogP contribution in [0.2, 0.25) is 0 Å². The smallest absolute Gasteiger partial charge is 0.328 e. The van der Waals surface area contributed by atoms with Crippen LogP contribution in [0.15, 0.2) is 72.8 Å². The molecule has 0 radical (unpaired) electrons. The molecular formula is C18H19NO2. The molecule has 0 saturated carbocycles. The van der Waals surface area contributed by atoms with Crippen LogP contribution in [0.4, 0.5) is 0 Å². The first-order valence-corrected chi connectivity index (χ1v) is 6.96. The van der Waals surface area contributed by atoms with E-state index in [1.165, 1.54) is 17.2 Å². The molecule has 0 aromatic heterocycles. The van der Waals surface area contributed by atoms with Crippen LogP contribution in [-0.4, -0.2) is 17.1 Å². The first kappa shape index (κ1) is 15.0. The Labute approximate surface area is 124 Å². The van der Waals surface area contributed by atoms with Crippen LogP contribution in [-0.2, 0) is 17.8 Å². The number of carbonyl (C=O) groups is 1. The van der Waals surface area contributed by atoms with E-state index < -0.39 is 5.97 Å². The van der Waals surface area contributed by atoms with E-state index in [9.17, 15) is 4.79 Å². The molecule has 108 valence electrons. The maximum atomic E-state index is 10.7. The number of carboxylic acids is 1. The molecule has 2 rings (SSSR count). The summed E-state index contributed by atoms with van der Waals surface area (Å²) in [6, 6.07) is 20.1. The van der Waals surface area contributed by atoms with Gasteiger partial charge in [-0.1, -0.05) is 66.7 Å². The SMILES string of the molecule is O=C(O)/C=C/C(Cc1ccccc1)NCc1ccccc1. The van der Waals surface area contributed by atoms with Crippen molar-refractivity contribution in [2.75, 3.05) is 0 Å². The summed E-state index contributed by atoms with van der Waals surface area (Å²) in [5, 5.41) is 12.2. The van der Waals surface area contributed by atoms with Crippen molar-refractivity contribution in [3.8, 4) is 0 Å². The van der Waals surface area contributed by atoms with Gasteiger partial charge in [-0.3, -0.25) is 0 Å². The largest absolute Gasteiger partial charge is 0.478 e. The molecule has 1 unspecified atom stereocenters. The topological polar surface area (TPSA) is 49.3 Å². The summed E-state index contributed by atoms with van der Waals surface area (Å²) in [6.45, 7) is 0.711. The van der Waals surface area contributed by atoms with Crippen molar-refractivity contribution >= 4 is 5.97 Å². The van der Waals surface area contributed by atoms with E-state index in [2.05, 4.69) is 5.32 Å². The number of rotatable bonds is 7. The molecule has 0 aliphatic heterocycles. The molecule has 0 saturated heterocycles. The molecule has 2 N–H and O–H groups in total. The van der Waals surface area contributed by atoms with Crippen molar-refractivity contribution in [2.45, 2.75) is 19.0 Å². The Kier molecular flexibility index (Phi) is 5.73. The summed E-state index contributed by atoms with van der Waals surface area (Å²) in [6.07, 6.45) is 3.67. The average molecular weight is 281 g/mol. The van der Waals surface area contributed by atoms with Gasteiger partial charge in [-0.15, -0.1) is 0 Å². The highest BCUT2D eigenvalue weighted by atomic mass is 16.4. The van der Waals surface area contributed by atoms with Gasteiger partial charge in [-0.2, -0.15) is 0 Å². The van der Waals surface area contributed by atoms with Crippen molar-refractivity contribution in [1.82, 2.24) is 5.32 Å². The Bertz CT molecular complexity index is 579. The fourth-order valence-corrected chi connectivity index (χ4v) is 2.12. The van der Waals surface area contributed by atoms with E-state index in [-0.39, 0.29) is 6.04 Å². The minimum Gasteiger partial charge on any atom is -0.478 e. The third kappa shape index (κ3) is 5.63. The van der Waals surface area contributed by atoms with Crippen LogP contribution in [0.5, 0.6) is 0 Å². The van der Waals surface area contributed by atoms with Gasteiger partial charge in [-0.25, -0.2) is 4.79 Å². The molecule has 0 heterocycles. The van der Waals surface area contributed by atoms with E-state index in [4.69, 9.17) is 5.11 Å². The number of aliphatic carboxylic acids is 1. The van der Waals surface area contributed by atoms with Crippen LogP contribution in [0.1, 0.15) is 11.1 Å². The Morgan fingerprint density at radius 3 is 2.14 bits per heavy atom. The average Bonchev–Trinajstić information content (AvgIpc) is 2.52. The first-order valence-electron chi connectivity index (χ1n) is 6.96. The predicted molar refractivity (Wildman–Crippen MR) is 84.0 cm³/mol. The van der Waals surface area contributed by atoms with Gasteiger partial charge in [0, 0.05) is 18.7 Å². The quantitative estimate of drug-likeness (QED) is 0.767. The molecule has 3 heteroatoms. The van der Waals surface area contributed by atoms with Crippen LogP contribution in [0.3, 0.4) is 0 Å². The molecule has 0 fully saturated rings. The standard InChI is InChI=1S/C18H19NO2/c20-18(21)12-11-17(13-15-7-3-1-4-8-15)19-14-16-9-5-2-6-10-16/h1-12,17,19H,13-14H2,(H,20,21)/b12-11+. The highest BCUT2D eigenvalue weighted by Gasteiger charge is 2.06. The van der Waals surface area contributed by atoms with Gasteiger partial charge < -0.3 is 10.4 Å². The first-order chi connectivity index (χ1) is 10.2. The molecule has 0 aliphatic rings. The normalized spacial score (nSPS) is 12.4. The van der Waals surface area contributed by atoms with E-state index in [0.29, 0.717) is 6.54 Å². The summed E-state index contributed by atoms with van der Waals surface area (Å²) in [5.74, 6) is -0.922. The van der Waals surface area contributed by atoms with Gasteiger partial charge in [-0.05, 0) is 17.5 Å². The number of nitrogens with one attached hydrogen (secondary N) is 1. The summed E-state index contributed by atoms with van der Waals surface area (Å²) in [7, 11) is 0. The highest BCUT2D eigenvalue weighted by molar-refractivity contribution is 5.79. The second-order valence-corrected chi connectivity index (χ2v) is 4.86. The maximum Gasteiger partial charge on any atom is 0.328 e. The van der Waals surface area contributed by atoms with E-state index in [1.54, 1.807) is 6.08 Å². The Hall–Kier alpha value is -2.39. The molecule has 2 aromatic rings. The molecule has 1 atom stereocenters. The molecule has 0 amide bonds. The van der Waals surface area contributed by atoms with Crippen LogP contribution < -0.4 is 5.32 Å². The molecule has 0 bridgehead atoms. The van der Waals surface area contributed by atoms with Crippen LogP contribution >= 0.6 is 0 Å². The third-order valence-corrected chi connectivity index (χ3v) is 3.18. The van der Waals surface area contributed by atoms with Gasteiger partial charge in [0.05, 0.1) is 0 Å². The Morgan fingerprint density at radius 1 is 1.00 bits per heavy atom. The number of carboxylic acid groups (broad SMARTS) is 1. The Balaban J connectivity index is 2.00. The van der Waals surface area contributed by atoms with E-state index in [0.717, 1.165) is 6.42 Å². The van der Waals surface area contributed by atoms with Crippen molar-refractivity contribution in [3.05, 3.63) is 83.9 Å². The van der Waals surface area contributed by atoms with Gasteiger partial charge in [0.15, 0.2) is 0 Å². The number of hydrogen-bond acceptors (Lipinski definition) is 2. The van der Waals surface area contributed by atoms with Crippen LogP contribution in [0, 0.1) is 0 Å². The second kappa shape index (κ2) is 8.02. The fraction of sp³-hybridized carbons (Fsp3) is 0.167. The van der Waals surface area contributed by atoms with Crippen molar-refractivity contribution in [1.29, 1.82) is 0 Å². The molecular weight excluding hydrogens is 262 g/mol. The lowest BCUT2D eigenvalue weighted by Crippen LogP contribution is -2.29. The predicted octanol–water partition coefficient (Wildman–Crippen LogP) is 3.03. The van der Waals surface area contributed by atoms with Crippen molar-refractivity contribution in [2.24, 2.45) is 0 Å².